The summed E-state index contributed by atoms with van der Waals surface area (Å²) in [7, 11) is 3.28. The van der Waals surface area contributed by atoms with E-state index in [0.29, 0.717) is 16.7 Å². The Morgan fingerprint density at radius 1 is 0.786 bits per heavy atom. The number of benzene rings is 3. The minimum absolute atomic E-state index is 0.605. The molecule has 0 unspecified atom stereocenters. The Hall–Kier alpha value is -3.31. The summed E-state index contributed by atoms with van der Waals surface area (Å²) in [4.78, 5) is 9.45. The van der Waals surface area contributed by atoms with E-state index >= 15 is 0 Å². The first-order chi connectivity index (χ1) is 13.7. The SMILES string of the molecule is COc1ccc(Nc2nc(-c3ccc(OC)cc3)nc3cc(Cl)ccc23)cc1. The molecule has 3 aromatic carbocycles. The van der Waals surface area contributed by atoms with Crippen molar-refractivity contribution in [3.8, 4) is 22.9 Å². The number of nitrogens with one attached hydrogen (secondary N) is 1. The lowest BCUT2D eigenvalue weighted by Gasteiger charge is -2.12. The molecule has 0 atom stereocenters. The molecule has 0 fully saturated rings. The smallest absolute Gasteiger partial charge is 0.162 e. The van der Waals surface area contributed by atoms with E-state index in [2.05, 4.69) is 5.32 Å². The third-order valence-corrected chi connectivity index (χ3v) is 4.60. The number of hydrogen-bond donors (Lipinski definition) is 1. The van der Waals surface area contributed by atoms with Crippen LogP contribution in [-0.4, -0.2) is 24.2 Å². The summed E-state index contributed by atoms with van der Waals surface area (Å²) in [5, 5.41) is 4.89. The first-order valence-corrected chi connectivity index (χ1v) is 9.07. The van der Waals surface area contributed by atoms with Crippen molar-refractivity contribution in [3.63, 3.8) is 0 Å². The standard InChI is InChI=1S/C22H18ClN3O2/c1-27-17-8-3-14(4-9-17)21-25-20-13-15(23)5-12-19(20)22(26-21)24-16-6-10-18(28-2)11-7-16/h3-13H,1-2H3,(H,24,25,26). The van der Waals surface area contributed by atoms with Gasteiger partial charge in [0.15, 0.2) is 5.82 Å². The molecule has 0 aliphatic heterocycles. The minimum Gasteiger partial charge on any atom is -0.497 e. The number of halogens is 1. The first-order valence-electron chi connectivity index (χ1n) is 8.69. The fourth-order valence-corrected chi connectivity index (χ4v) is 3.04. The predicted molar refractivity (Wildman–Crippen MR) is 113 cm³/mol. The van der Waals surface area contributed by atoms with Gasteiger partial charge in [0.2, 0.25) is 0 Å². The lowest BCUT2D eigenvalue weighted by atomic mass is 10.1. The Bertz CT molecular complexity index is 1110. The predicted octanol–water partition coefficient (Wildman–Crippen LogP) is 5.71. The van der Waals surface area contributed by atoms with Gasteiger partial charge < -0.3 is 14.8 Å². The van der Waals surface area contributed by atoms with Gasteiger partial charge in [-0.15, -0.1) is 0 Å². The van der Waals surface area contributed by atoms with Crippen LogP contribution in [0.15, 0.2) is 66.7 Å². The Balaban J connectivity index is 1.80. The van der Waals surface area contributed by atoms with E-state index in [-0.39, 0.29) is 0 Å². The third-order valence-electron chi connectivity index (χ3n) is 4.36. The maximum Gasteiger partial charge on any atom is 0.162 e. The molecule has 1 heterocycles. The number of ether oxygens (including phenoxy) is 2. The minimum atomic E-state index is 0.605. The van der Waals surface area contributed by atoms with Crippen molar-refractivity contribution in [1.29, 1.82) is 0 Å². The molecular formula is C22H18ClN3O2. The Morgan fingerprint density at radius 3 is 2.07 bits per heavy atom. The molecule has 0 aliphatic carbocycles. The molecule has 0 saturated heterocycles. The quantitative estimate of drug-likeness (QED) is 0.472. The molecular weight excluding hydrogens is 374 g/mol. The van der Waals surface area contributed by atoms with Gasteiger partial charge in [0.1, 0.15) is 17.3 Å². The first kappa shape index (κ1) is 18.1. The zero-order chi connectivity index (χ0) is 19.5. The van der Waals surface area contributed by atoms with E-state index in [0.717, 1.165) is 33.7 Å². The van der Waals surface area contributed by atoms with E-state index in [1.807, 2.05) is 66.7 Å². The molecule has 6 heteroatoms. The van der Waals surface area contributed by atoms with Crippen LogP contribution >= 0.6 is 11.6 Å². The molecule has 28 heavy (non-hydrogen) atoms. The number of nitrogens with zero attached hydrogens (tertiary/aromatic N) is 2. The summed E-state index contributed by atoms with van der Waals surface area (Å²) >= 11 is 6.19. The fraction of sp³-hybridized carbons (Fsp3) is 0.0909. The number of rotatable bonds is 5. The van der Waals surface area contributed by atoms with Gasteiger partial charge in [-0.2, -0.15) is 0 Å². The molecule has 1 aromatic heterocycles. The summed E-state index contributed by atoms with van der Waals surface area (Å²) in [6.45, 7) is 0. The number of methoxy groups -OCH3 is 2. The highest BCUT2D eigenvalue weighted by Crippen LogP contribution is 2.30. The molecule has 0 amide bonds. The number of anilines is 2. The molecule has 0 spiro atoms. The largest absolute Gasteiger partial charge is 0.497 e. The summed E-state index contributed by atoms with van der Waals surface area (Å²) in [6.07, 6.45) is 0. The van der Waals surface area contributed by atoms with Gasteiger partial charge in [0.05, 0.1) is 19.7 Å². The van der Waals surface area contributed by atoms with Gasteiger partial charge >= 0.3 is 0 Å². The van der Waals surface area contributed by atoms with Crippen molar-refractivity contribution in [1.82, 2.24) is 9.97 Å². The number of aromatic nitrogens is 2. The molecule has 5 nitrogen and oxygen atoms in total. The molecule has 140 valence electrons. The average Bonchev–Trinajstić information content (AvgIpc) is 2.74. The highest BCUT2D eigenvalue weighted by molar-refractivity contribution is 6.31. The second kappa shape index (κ2) is 7.74. The van der Waals surface area contributed by atoms with Crippen LogP contribution in [0.1, 0.15) is 0 Å². The average molecular weight is 392 g/mol. The van der Waals surface area contributed by atoms with Crippen molar-refractivity contribution in [2.75, 3.05) is 19.5 Å². The zero-order valence-electron chi connectivity index (χ0n) is 15.4. The number of hydrogen-bond acceptors (Lipinski definition) is 5. The van der Waals surface area contributed by atoms with Crippen LogP contribution in [0, 0.1) is 0 Å². The van der Waals surface area contributed by atoms with Gasteiger partial charge in [-0.1, -0.05) is 11.6 Å². The molecule has 0 radical (unpaired) electrons. The van der Waals surface area contributed by atoms with E-state index in [1.54, 1.807) is 14.2 Å². The van der Waals surface area contributed by atoms with E-state index in [4.69, 9.17) is 31.0 Å². The van der Waals surface area contributed by atoms with Crippen molar-refractivity contribution in [2.45, 2.75) is 0 Å². The molecule has 0 saturated carbocycles. The lowest BCUT2D eigenvalue weighted by molar-refractivity contribution is 0.415. The van der Waals surface area contributed by atoms with E-state index in [1.165, 1.54) is 0 Å². The van der Waals surface area contributed by atoms with Crippen LogP contribution in [-0.2, 0) is 0 Å². The van der Waals surface area contributed by atoms with Crippen molar-refractivity contribution < 1.29 is 9.47 Å². The maximum absolute atomic E-state index is 6.19. The fourth-order valence-electron chi connectivity index (χ4n) is 2.88. The van der Waals surface area contributed by atoms with Crippen molar-refractivity contribution >= 4 is 34.0 Å². The van der Waals surface area contributed by atoms with Gasteiger partial charge in [-0.25, -0.2) is 9.97 Å². The molecule has 1 N–H and O–H groups in total. The number of fused-ring (bicyclic) bond motifs is 1. The Morgan fingerprint density at radius 2 is 1.43 bits per heavy atom. The Labute approximate surface area is 167 Å². The van der Waals surface area contributed by atoms with Gasteiger partial charge in [0, 0.05) is 21.7 Å². The summed E-state index contributed by atoms with van der Waals surface area (Å²) in [5.74, 6) is 2.89. The highest BCUT2D eigenvalue weighted by Gasteiger charge is 2.11. The van der Waals surface area contributed by atoms with Crippen LogP contribution in [0.3, 0.4) is 0 Å². The van der Waals surface area contributed by atoms with Gasteiger partial charge in [0.25, 0.3) is 0 Å². The summed E-state index contributed by atoms with van der Waals surface area (Å²) in [5.41, 5.74) is 2.56. The van der Waals surface area contributed by atoms with Crippen LogP contribution in [0.5, 0.6) is 11.5 Å². The van der Waals surface area contributed by atoms with E-state index < -0.39 is 0 Å². The topological polar surface area (TPSA) is 56.3 Å². The normalized spacial score (nSPS) is 10.7. The van der Waals surface area contributed by atoms with Gasteiger partial charge in [-0.3, -0.25) is 0 Å². The summed E-state index contributed by atoms with van der Waals surface area (Å²) in [6, 6.07) is 20.9. The highest BCUT2D eigenvalue weighted by atomic mass is 35.5. The van der Waals surface area contributed by atoms with Crippen LogP contribution in [0.2, 0.25) is 5.02 Å². The maximum atomic E-state index is 6.19. The molecule has 0 aliphatic rings. The van der Waals surface area contributed by atoms with E-state index in [9.17, 15) is 0 Å². The molecule has 4 rings (SSSR count). The van der Waals surface area contributed by atoms with Crippen LogP contribution in [0.25, 0.3) is 22.3 Å². The Kier molecular flexibility index (Phi) is 5.00. The van der Waals surface area contributed by atoms with Crippen molar-refractivity contribution in [3.05, 3.63) is 71.8 Å². The second-order valence-electron chi connectivity index (χ2n) is 6.14. The van der Waals surface area contributed by atoms with Gasteiger partial charge in [-0.05, 0) is 66.7 Å². The lowest BCUT2D eigenvalue weighted by Crippen LogP contribution is -1.99. The van der Waals surface area contributed by atoms with Crippen LogP contribution < -0.4 is 14.8 Å². The molecule has 0 bridgehead atoms. The molecule has 4 aromatic rings. The van der Waals surface area contributed by atoms with Crippen LogP contribution in [0.4, 0.5) is 11.5 Å². The third kappa shape index (κ3) is 3.70. The summed E-state index contributed by atoms with van der Waals surface area (Å²) < 4.78 is 10.5. The van der Waals surface area contributed by atoms with Crippen molar-refractivity contribution in [2.24, 2.45) is 0 Å². The second-order valence-corrected chi connectivity index (χ2v) is 6.58. The monoisotopic (exact) mass is 391 g/mol. The zero-order valence-corrected chi connectivity index (χ0v) is 16.2.